The Labute approximate surface area is 138 Å². The molecule has 0 fully saturated rings. The molecular weight excluding hydrogens is 374 g/mol. The number of aromatic nitrogens is 1. The predicted molar refractivity (Wildman–Crippen MR) is 90.8 cm³/mol. The second-order valence-electron chi connectivity index (χ2n) is 3.93. The first-order valence-corrected chi connectivity index (χ1v) is 8.79. The van der Waals surface area contributed by atoms with Gasteiger partial charge in [0.25, 0.3) is 0 Å². The minimum absolute atomic E-state index is 0.135. The summed E-state index contributed by atoms with van der Waals surface area (Å²) in [4.78, 5) is 27.3. The first-order valence-electron chi connectivity index (χ1n) is 5.96. The second-order valence-corrected chi connectivity index (χ2v) is 6.73. The van der Waals surface area contributed by atoms with Gasteiger partial charge in [0.1, 0.15) is 0 Å². The molecule has 1 heterocycles. The fourth-order valence-corrected chi connectivity index (χ4v) is 2.83. The molecule has 0 saturated carbocycles. The van der Waals surface area contributed by atoms with Crippen LogP contribution in [-0.2, 0) is 9.59 Å². The third kappa shape index (κ3) is 5.86. The lowest BCUT2D eigenvalue weighted by molar-refractivity contribution is -0.114. The number of nitrogens with one attached hydrogen (secondary N) is 2. The Hall–Kier alpha value is -1.38. The molecule has 1 aromatic carbocycles. The van der Waals surface area contributed by atoms with Gasteiger partial charge in [0.15, 0.2) is 5.13 Å². The summed E-state index contributed by atoms with van der Waals surface area (Å²) in [5, 5.41) is 7.78. The van der Waals surface area contributed by atoms with E-state index in [9.17, 15) is 9.59 Å². The van der Waals surface area contributed by atoms with Crippen molar-refractivity contribution in [2.24, 2.45) is 0 Å². The summed E-state index contributed by atoms with van der Waals surface area (Å²) in [5.41, 5.74) is 0.732. The summed E-state index contributed by atoms with van der Waals surface area (Å²) in [5.74, 6) is 0.144. The van der Waals surface area contributed by atoms with E-state index in [1.54, 1.807) is 11.6 Å². The van der Waals surface area contributed by atoms with E-state index in [-0.39, 0.29) is 23.3 Å². The summed E-state index contributed by atoms with van der Waals surface area (Å²) in [6.45, 7) is 0. The molecule has 1 aromatic heterocycles. The van der Waals surface area contributed by atoms with Gasteiger partial charge < -0.3 is 10.6 Å². The average Bonchev–Trinajstić information content (AvgIpc) is 2.94. The average molecular weight is 386 g/mol. The van der Waals surface area contributed by atoms with Crippen LogP contribution in [0.25, 0.3) is 0 Å². The molecule has 2 amide bonds. The molecule has 0 spiro atoms. The lowest BCUT2D eigenvalue weighted by Gasteiger charge is -2.05. The number of nitrogens with zero attached hydrogens (tertiary/aromatic N) is 1. The molecule has 110 valence electrons. The zero-order valence-electron chi connectivity index (χ0n) is 10.8. The van der Waals surface area contributed by atoms with Crippen LogP contribution in [0.1, 0.15) is 0 Å². The predicted octanol–water partition coefficient (Wildman–Crippen LogP) is 3.22. The van der Waals surface area contributed by atoms with Crippen molar-refractivity contribution in [1.29, 1.82) is 0 Å². The Morgan fingerprint density at radius 1 is 1.14 bits per heavy atom. The smallest absolute Gasteiger partial charge is 0.236 e. The van der Waals surface area contributed by atoms with Crippen molar-refractivity contribution in [2.75, 3.05) is 22.1 Å². The van der Waals surface area contributed by atoms with Gasteiger partial charge in [0.05, 0.1) is 11.5 Å². The van der Waals surface area contributed by atoms with Gasteiger partial charge in [0.2, 0.25) is 11.8 Å². The molecule has 0 bridgehead atoms. The number of thioether (sulfide) groups is 1. The van der Waals surface area contributed by atoms with Gasteiger partial charge in [-0.15, -0.1) is 23.1 Å². The first-order chi connectivity index (χ1) is 10.1. The summed E-state index contributed by atoms with van der Waals surface area (Å²) < 4.78 is 0.953. The van der Waals surface area contributed by atoms with Gasteiger partial charge in [0, 0.05) is 21.7 Å². The van der Waals surface area contributed by atoms with Crippen LogP contribution in [0, 0.1) is 0 Å². The Morgan fingerprint density at radius 2 is 1.81 bits per heavy atom. The standard InChI is InChI=1S/C13H12BrN3O2S2/c14-9-1-3-10(4-2-9)16-11(18)7-20-8-12(19)17-13-15-5-6-21-13/h1-6H,7-8H2,(H,16,18)(H,15,17,19). The number of halogens is 1. The van der Waals surface area contributed by atoms with Crippen LogP contribution in [0.2, 0.25) is 0 Å². The van der Waals surface area contributed by atoms with Crippen LogP contribution >= 0.6 is 39.0 Å². The van der Waals surface area contributed by atoms with E-state index in [0.29, 0.717) is 5.13 Å². The maximum atomic E-state index is 11.7. The molecule has 21 heavy (non-hydrogen) atoms. The molecule has 8 heteroatoms. The van der Waals surface area contributed by atoms with E-state index in [1.165, 1.54) is 23.1 Å². The van der Waals surface area contributed by atoms with Crippen LogP contribution in [0.15, 0.2) is 40.3 Å². The van der Waals surface area contributed by atoms with Crippen LogP contribution in [0.4, 0.5) is 10.8 Å². The van der Waals surface area contributed by atoms with Crippen molar-refractivity contribution >= 4 is 61.7 Å². The van der Waals surface area contributed by atoms with E-state index in [1.807, 2.05) is 24.3 Å². The number of amides is 2. The van der Waals surface area contributed by atoms with E-state index in [2.05, 4.69) is 31.5 Å². The van der Waals surface area contributed by atoms with E-state index >= 15 is 0 Å². The number of hydrogen-bond acceptors (Lipinski definition) is 5. The van der Waals surface area contributed by atoms with Gasteiger partial charge in [-0.3, -0.25) is 9.59 Å². The zero-order valence-corrected chi connectivity index (χ0v) is 14.1. The fourth-order valence-electron chi connectivity index (χ4n) is 1.41. The highest BCUT2D eigenvalue weighted by atomic mass is 79.9. The molecule has 0 atom stereocenters. The number of hydrogen-bond donors (Lipinski definition) is 2. The van der Waals surface area contributed by atoms with Crippen molar-refractivity contribution in [3.63, 3.8) is 0 Å². The third-order valence-corrected chi connectivity index (χ3v) is 4.42. The van der Waals surface area contributed by atoms with Gasteiger partial charge in [-0.1, -0.05) is 15.9 Å². The van der Waals surface area contributed by atoms with Crippen LogP contribution in [0.3, 0.4) is 0 Å². The lowest BCUT2D eigenvalue weighted by atomic mass is 10.3. The van der Waals surface area contributed by atoms with E-state index in [0.717, 1.165) is 10.2 Å². The minimum atomic E-state index is -0.161. The van der Waals surface area contributed by atoms with Crippen LogP contribution < -0.4 is 10.6 Å². The summed E-state index contributed by atoms with van der Waals surface area (Å²) in [6.07, 6.45) is 1.62. The maximum Gasteiger partial charge on any atom is 0.236 e. The molecule has 0 aliphatic heterocycles. The fraction of sp³-hybridized carbons (Fsp3) is 0.154. The highest BCUT2D eigenvalue weighted by Crippen LogP contribution is 2.15. The third-order valence-electron chi connectivity index (χ3n) is 2.27. The van der Waals surface area contributed by atoms with Crippen LogP contribution in [0.5, 0.6) is 0 Å². The second kappa shape index (κ2) is 8.16. The van der Waals surface area contributed by atoms with Crippen molar-refractivity contribution < 1.29 is 9.59 Å². The molecule has 2 rings (SSSR count). The monoisotopic (exact) mass is 385 g/mol. The lowest BCUT2D eigenvalue weighted by Crippen LogP contribution is -2.18. The SMILES string of the molecule is O=C(CSCC(=O)Nc1nccs1)Nc1ccc(Br)cc1. The largest absolute Gasteiger partial charge is 0.325 e. The Balaban J connectivity index is 1.67. The number of carbonyl (C=O) groups is 2. The number of benzene rings is 1. The Kier molecular flexibility index (Phi) is 6.21. The van der Waals surface area contributed by atoms with E-state index in [4.69, 9.17) is 0 Å². The normalized spacial score (nSPS) is 10.1. The van der Waals surface area contributed by atoms with Crippen molar-refractivity contribution in [3.05, 3.63) is 40.3 Å². The zero-order chi connectivity index (χ0) is 15.1. The highest BCUT2D eigenvalue weighted by molar-refractivity contribution is 9.10. The summed E-state index contributed by atoms with van der Waals surface area (Å²) >= 11 is 5.94. The number of anilines is 2. The Morgan fingerprint density at radius 3 is 2.43 bits per heavy atom. The number of carbonyl (C=O) groups excluding carboxylic acids is 2. The molecule has 0 unspecified atom stereocenters. The number of rotatable bonds is 6. The van der Waals surface area contributed by atoms with Crippen molar-refractivity contribution in [2.45, 2.75) is 0 Å². The summed E-state index contributed by atoms with van der Waals surface area (Å²) in [7, 11) is 0. The van der Waals surface area contributed by atoms with Crippen LogP contribution in [-0.4, -0.2) is 28.3 Å². The number of thiazole rings is 1. The van der Waals surface area contributed by atoms with Gasteiger partial charge >= 0.3 is 0 Å². The molecule has 0 aliphatic carbocycles. The molecule has 0 radical (unpaired) electrons. The van der Waals surface area contributed by atoms with Gasteiger partial charge in [-0.25, -0.2) is 4.98 Å². The first kappa shape index (κ1) is 16.0. The topological polar surface area (TPSA) is 71.1 Å². The summed E-state index contributed by atoms with van der Waals surface area (Å²) in [6, 6.07) is 7.32. The van der Waals surface area contributed by atoms with Crippen molar-refractivity contribution in [3.8, 4) is 0 Å². The van der Waals surface area contributed by atoms with Crippen molar-refractivity contribution in [1.82, 2.24) is 4.98 Å². The highest BCUT2D eigenvalue weighted by Gasteiger charge is 2.07. The molecule has 2 aromatic rings. The van der Waals surface area contributed by atoms with Gasteiger partial charge in [-0.05, 0) is 24.3 Å². The van der Waals surface area contributed by atoms with E-state index < -0.39 is 0 Å². The molecule has 0 saturated heterocycles. The molecule has 5 nitrogen and oxygen atoms in total. The maximum absolute atomic E-state index is 11.7. The quantitative estimate of drug-likeness (QED) is 0.800. The van der Waals surface area contributed by atoms with Gasteiger partial charge in [-0.2, -0.15) is 0 Å². The minimum Gasteiger partial charge on any atom is -0.325 e. The molecule has 2 N–H and O–H groups in total. The molecular formula is C13H12BrN3O2S2. The molecule has 0 aliphatic rings. The Bertz CT molecular complexity index is 602.